The van der Waals surface area contributed by atoms with Crippen molar-refractivity contribution >= 4 is 21.6 Å². The molecule has 3 aromatic rings. The number of rotatable bonds is 9. The second-order valence-electron chi connectivity index (χ2n) is 6.80. The molecule has 2 aromatic carbocycles. The lowest BCUT2D eigenvalue weighted by Crippen LogP contribution is -2.30. The van der Waals surface area contributed by atoms with E-state index in [2.05, 4.69) is 10.3 Å². The Morgan fingerprint density at radius 1 is 1.03 bits per heavy atom. The van der Waals surface area contributed by atoms with Gasteiger partial charge in [-0.25, -0.2) is 13.4 Å². The van der Waals surface area contributed by atoms with E-state index in [1.807, 2.05) is 0 Å². The summed E-state index contributed by atoms with van der Waals surface area (Å²) in [6, 6.07) is 11.5. The highest BCUT2D eigenvalue weighted by atomic mass is 32.2. The molecule has 0 aliphatic heterocycles. The molecule has 0 saturated heterocycles. The van der Waals surface area contributed by atoms with Crippen molar-refractivity contribution in [3.8, 4) is 17.2 Å². The van der Waals surface area contributed by atoms with Crippen LogP contribution in [0.1, 0.15) is 24.3 Å². The fourth-order valence-electron chi connectivity index (χ4n) is 3.16. The summed E-state index contributed by atoms with van der Waals surface area (Å²) in [5, 5.41) is 2.77. The lowest BCUT2D eigenvalue weighted by molar-refractivity contribution is 0.102. The summed E-state index contributed by atoms with van der Waals surface area (Å²) in [5.41, 5.74) is 1.39. The van der Waals surface area contributed by atoms with E-state index in [1.165, 1.54) is 24.9 Å². The molecule has 0 aliphatic carbocycles. The molecule has 1 heterocycles. The van der Waals surface area contributed by atoms with Crippen molar-refractivity contribution in [2.75, 3.05) is 32.6 Å². The molecule has 1 amide bonds. The van der Waals surface area contributed by atoms with Gasteiger partial charge in [-0.3, -0.25) is 4.79 Å². The van der Waals surface area contributed by atoms with E-state index in [4.69, 9.17) is 9.47 Å². The minimum absolute atomic E-state index is 0.201. The third-order valence-corrected chi connectivity index (χ3v) is 6.97. The molecule has 0 spiro atoms. The Morgan fingerprint density at radius 3 is 2.16 bits per heavy atom. The zero-order valence-corrected chi connectivity index (χ0v) is 19.2. The lowest BCUT2D eigenvalue weighted by Gasteiger charge is -2.18. The summed E-state index contributed by atoms with van der Waals surface area (Å²) in [4.78, 5) is 17.0. The van der Waals surface area contributed by atoms with Crippen LogP contribution in [0.4, 0.5) is 5.69 Å². The number of imidazole rings is 1. The summed E-state index contributed by atoms with van der Waals surface area (Å²) in [6.45, 7) is 4.41. The van der Waals surface area contributed by atoms with Crippen molar-refractivity contribution in [1.29, 1.82) is 0 Å². The van der Waals surface area contributed by atoms with Crippen molar-refractivity contribution in [1.82, 2.24) is 13.9 Å². The van der Waals surface area contributed by atoms with Crippen molar-refractivity contribution in [2.24, 2.45) is 0 Å². The Morgan fingerprint density at radius 2 is 1.62 bits per heavy atom. The van der Waals surface area contributed by atoms with Crippen molar-refractivity contribution in [2.45, 2.75) is 18.7 Å². The number of aromatic nitrogens is 2. The van der Waals surface area contributed by atoms with E-state index >= 15 is 0 Å². The Hall–Kier alpha value is -3.37. The topological polar surface area (TPSA) is 103 Å². The molecule has 9 nitrogen and oxygen atoms in total. The molecule has 0 aliphatic rings. The summed E-state index contributed by atoms with van der Waals surface area (Å²) in [5.74, 6) is 0.689. The number of methoxy groups -OCH3 is 2. The maximum absolute atomic E-state index is 12.6. The average Bonchev–Trinajstić information content (AvgIpc) is 3.30. The van der Waals surface area contributed by atoms with Crippen LogP contribution in [0.5, 0.6) is 11.5 Å². The molecule has 32 heavy (non-hydrogen) atoms. The highest BCUT2D eigenvalue weighted by Gasteiger charge is 2.21. The minimum atomic E-state index is -3.53. The van der Waals surface area contributed by atoms with Crippen molar-refractivity contribution < 1.29 is 22.7 Å². The third kappa shape index (κ3) is 4.92. The molecular formula is C22H26N4O5S. The molecule has 0 atom stereocenters. The first-order chi connectivity index (χ1) is 15.3. The van der Waals surface area contributed by atoms with E-state index in [1.54, 1.807) is 67.1 Å². The molecular weight excluding hydrogens is 432 g/mol. The minimum Gasteiger partial charge on any atom is -0.497 e. The number of nitrogens with one attached hydrogen (secondary N) is 1. The number of amides is 1. The van der Waals surface area contributed by atoms with Gasteiger partial charge >= 0.3 is 0 Å². The van der Waals surface area contributed by atoms with Crippen molar-refractivity contribution in [3.05, 3.63) is 60.7 Å². The van der Waals surface area contributed by atoms with Crippen LogP contribution in [0.2, 0.25) is 0 Å². The van der Waals surface area contributed by atoms with Gasteiger partial charge < -0.3 is 19.4 Å². The summed E-state index contributed by atoms with van der Waals surface area (Å²) < 4.78 is 38.7. The standard InChI is InChI=1S/C22H26N4O5S/c1-5-26(6-2)32(28,29)20-9-7-17(8-10-20)25-14-21(23-15-25)22(27)24-16-11-18(30-3)13-19(12-16)31-4/h7-15H,5-6H2,1-4H3,(H,24,27). The first-order valence-electron chi connectivity index (χ1n) is 10.0. The van der Waals surface area contributed by atoms with Gasteiger partial charge in [-0.05, 0) is 24.3 Å². The van der Waals surface area contributed by atoms with E-state index in [0.717, 1.165) is 0 Å². The third-order valence-electron chi connectivity index (χ3n) is 4.90. The molecule has 0 bridgehead atoms. The average molecular weight is 459 g/mol. The van der Waals surface area contributed by atoms with Gasteiger partial charge in [0.15, 0.2) is 0 Å². The number of carbonyl (C=O) groups excluding carboxylic acids is 1. The zero-order chi connectivity index (χ0) is 23.3. The molecule has 170 valence electrons. The van der Waals surface area contributed by atoms with Gasteiger partial charge in [-0.1, -0.05) is 13.8 Å². The van der Waals surface area contributed by atoms with Gasteiger partial charge in [0.1, 0.15) is 23.5 Å². The monoisotopic (exact) mass is 458 g/mol. The second kappa shape index (κ2) is 9.84. The smallest absolute Gasteiger partial charge is 0.275 e. The van der Waals surface area contributed by atoms with Crippen LogP contribution >= 0.6 is 0 Å². The van der Waals surface area contributed by atoms with Crippen LogP contribution in [0, 0.1) is 0 Å². The maximum Gasteiger partial charge on any atom is 0.275 e. The highest BCUT2D eigenvalue weighted by Crippen LogP contribution is 2.26. The number of hydrogen-bond acceptors (Lipinski definition) is 6. The van der Waals surface area contributed by atoms with Gasteiger partial charge in [-0.15, -0.1) is 0 Å². The molecule has 0 saturated carbocycles. The van der Waals surface area contributed by atoms with Crippen LogP contribution in [-0.2, 0) is 10.0 Å². The zero-order valence-electron chi connectivity index (χ0n) is 18.4. The molecule has 10 heteroatoms. The van der Waals surface area contributed by atoms with E-state index < -0.39 is 15.9 Å². The van der Waals surface area contributed by atoms with Gasteiger partial charge in [0.25, 0.3) is 5.91 Å². The van der Waals surface area contributed by atoms with Gasteiger partial charge in [0.05, 0.1) is 19.1 Å². The first kappa shape index (κ1) is 23.3. The Bertz CT molecular complexity index is 1160. The van der Waals surface area contributed by atoms with Crippen LogP contribution in [0.25, 0.3) is 5.69 Å². The molecule has 1 aromatic heterocycles. The number of nitrogens with zero attached hydrogens (tertiary/aromatic N) is 3. The maximum atomic E-state index is 12.6. The predicted molar refractivity (Wildman–Crippen MR) is 121 cm³/mol. The molecule has 0 unspecified atom stereocenters. The second-order valence-corrected chi connectivity index (χ2v) is 8.74. The van der Waals surface area contributed by atoms with Crippen LogP contribution in [0.3, 0.4) is 0 Å². The molecule has 0 radical (unpaired) electrons. The SMILES string of the molecule is CCN(CC)S(=O)(=O)c1ccc(-n2cnc(C(=O)Nc3cc(OC)cc(OC)c3)c2)cc1. The van der Waals surface area contributed by atoms with E-state index in [9.17, 15) is 13.2 Å². The lowest BCUT2D eigenvalue weighted by atomic mass is 10.2. The number of sulfonamides is 1. The number of hydrogen-bond donors (Lipinski definition) is 1. The van der Waals surface area contributed by atoms with Crippen LogP contribution in [-0.4, -0.2) is 55.5 Å². The Kier molecular flexibility index (Phi) is 7.16. The first-order valence-corrected chi connectivity index (χ1v) is 11.4. The number of anilines is 1. The predicted octanol–water partition coefficient (Wildman–Crippen LogP) is 3.17. The van der Waals surface area contributed by atoms with Crippen LogP contribution in [0.15, 0.2) is 59.9 Å². The fraction of sp³-hybridized carbons (Fsp3) is 0.273. The highest BCUT2D eigenvalue weighted by molar-refractivity contribution is 7.89. The van der Waals surface area contributed by atoms with E-state index in [-0.39, 0.29) is 10.6 Å². The van der Waals surface area contributed by atoms with E-state index in [0.29, 0.717) is 36.0 Å². The quantitative estimate of drug-likeness (QED) is 0.528. The molecule has 1 N–H and O–H groups in total. The van der Waals surface area contributed by atoms with Crippen LogP contribution < -0.4 is 14.8 Å². The number of benzene rings is 2. The largest absolute Gasteiger partial charge is 0.497 e. The number of ether oxygens (including phenoxy) is 2. The normalized spacial score (nSPS) is 11.4. The number of carbonyl (C=O) groups is 1. The Labute approximate surface area is 187 Å². The fourth-order valence-corrected chi connectivity index (χ4v) is 4.62. The van der Waals surface area contributed by atoms with Gasteiger partial charge in [-0.2, -0.15) is 4.31 Å². The Balaban J connectivity index is 1.78. The summed E-state index contributed by atoms with van der Waals surface area (Å²) in [7, 11) is -0.474. The van der Waals surface area contributed by atoms with Gasteiger partial charge in [0.2, 0.25) is 10.0 Å². The molecule has 0 fully saturated rings. The summed E-state index contributed by atoms with van der Waals surface area (Å²) >= 11 is 0. The summed E-state index contributed by atoms with van der Waals surface area (Å²) in [6.07, 6.45) is 3.07. The molecule has 3 rings (SSSR count). The van der Waals surface area contributed by atoms with Gasteiger partial charge in [0, 0.05) is 48.9 Å². The van der Waals surface area contributed by atoms with Crippen molar-refractivity contribution in [3.63, 3.8) is 0 Å².